The summed E-state index contributed by atoms with van der Waals surface area (Å²) in [6.07, 6.45) is 6.72. The molecule has 7 heteroatoms. The largest absolute Gasteiger partial charge is 1.00 e. The minimum Gasteiger partial charge on any atom is -1.00 e. The number of hydrogen-bond donors (Lipinski definition) is 2. The number of quaternary nitrogens is 1. The smallest absolute Gasteiger partial charge is 0.138 e. The first-order valence-corrected chi connectivity index (χ1v) is 7.85. The van der Waals surface area contributed by atoms with E-state index in [1.54, 1.807) is 6.33 Å². The van der Waals surface area contributed by atoms with Crippen molar-refractivity contribution in [3.05, 3.63) is 16.8 Å². The van der Waals surface area contributed by atoms with E-state index in [4.69, 9.17) is 0 Å². The van der Waals surface area contributed by atoms with E-state index in [1.807, 2.05) is 11.3 Å². The molecule has 3 rings (SSSR count). The van der Waals surface area contributed by atoms with Crippen molar-refractivity contribution in [2.75, 3.05) is 32.5 Å². The number of rotatable bonds is 4. The van der Waals surface area contributed by atoms with Gasteiger partial charge in [-0.1, -0.05) is 0 Å². The van der Waals surface area contributed by atoms with Gasteiger partial charge in [0.25, 0.3) is 0 Å². The predicted molar refractivity (Wildman–Crippen MR) is 87.5 cm³/mol. The molecule has 4 nitrogen and oxygen atoms in total. The number of aromatic nitrogens is 2. The number of likely N-dealkylation sites (N-methyl/N-ethyl adjacent to an activating group) is 1. The summed E-state index contributed by atoms with van der Waals surface area (Å²) in [4.78, 5) is 13.0. The Hall–Kier alpha value is -0.620. The zero-order valence-corrected chi connectivity index (χ0v) is 14.8. The van der Waals surface area contributed by atoms with Crippen LogP contribution in [0.2, 0.25) is 0 Å². The molecule has 0 unspecified atom stereocenters. The van der Waals surface area contributed by atoms with Crippen molar-refractivity contribution in [3.63, 3.8) is 0 Å². The Labute approximate surface area is 142 Å². The summed E-state index contributed by atoms with van der Waals surface area (Å²) >= 11 is 1.86. The lowest BCUT2D eigenvalue weighted by molar-refractivity contribution is -0.856. The molecule has 21 heavy (non-hydrogen) atoms. The second-order valence-corrected chi connectivity index (χ2v) is 6.58. The quantitative estimate of drug-likeness (QED) is 0.710. The normalized spacial score (nSPS) is 13.5. The Balaban J connectivity index is 0.00000110. The maximum Gasteiger partial charge on any atom is 0.138 e. The van der Waals surface area contributed by atoms with E-state index < -0.39 is 0 Å². The van der Waals surface area contributed by atoms with Gasteiger partial charge in [-0.05, 0) is 31.2 Å². The predicted octanol–water partition coefficient (Wildman–Crippen LogP) is -1.45. The van der Waals surface area contributed by atoms with Crippen LogP contribution < -0.4 is 22.6 Å². The summed E-state index contributed by atoms with van der Waals surface area (Å²) in [5.74, 6) is 1.03. The first-order valence-electron chi connectivity index (χ1n) is 7.04. The van der Waals surface area contributed by atoms with E-state index in [9.17, 15) is 0 Å². The van der Waals surface area contributed by atoms with E-state index in [-0.39, 0.29) is 24.8 Å². The number of fused-ring (bicyclic) bond motifs is 3. The van der Waals surface area contributed by atoms with E-state index in [2.05, 4.69) is 29.4 Å². The molecule has 0 saturated heterocycles. The fraction of sp³-hybridized carbons (Fsp3) is 0.571. The van der Waals surface area contributed by atoms with Gasteiger partial charge < -0.3 is 22.6 Å². The Morgan fingerprint density at radius 2 is 2.00 bits per heavy atom. The van der Waals surface area contributed by atoms with E-state index in [0.717, 1.165) is 23.7 Å². The van der Waals surface area contributed by atoms with E-state index in [1.165, 1.54) is 46.4 Å². The fourth-order valence-corrected chi connectivity index (χ4v) is 3.88. The molecule has 2 N–H and O–H groups in total. The summed E-state index contributed by atoms with van der Waals surface area (Å²) in [5.41, 5.74) is 1.51. The van der Waals surface area contributed by atoms with Crippen molar-refractivity contribution >= 4 is 39.8 Å². The summed E-state index contributed by atoms with van der Waals surface area (Å²) < 4.78 is 0. The third-order valence-electron chi connectivity index (χ3n) is 3.67. The summed E-state index contributed by atoms with van der Waals surface area (Å²) in [5, 5.41) is 4.78. The maximum atomic E-state index is 4.46. The lowest BCUT2D eigenvalue weighted by Crippen LogP contribution is -3.06. The monoisotopic (exact) mass is 348 g/mol. The van der Waals surface area contributed by atoms with Gasteiger partial charge in [-0.25, -0.2) is 9.97 Å². The molecule has 2 aromatic rings. The van der Waals surface area contributed by atoms with Crippen molar-refractivity contribution in [2.24, 2.45) is 0 Å². The molecule has 0 atom stereocenters. The molecule has 0 spiro atoms. The van der Waals surface area contributed by atoms with Crippen LogP contribution in [0.1, 0.15) is 23.3 Å². The van der Waals surface area contributed by atoms with Crippen LogP contribution in [-0.4, -0.2) is 37.2 Å². The second-order valence-electron chi connectivity index (χ2n) is 5.50. The van der Waals surface area contributed by atoms with Crippen molar-refractivity contribution < 1.29 is 17.3 Å². The molecular formula is C14H22Cl2N4S. The van der Waals surface area contributed by atoms with Crippen LogP contribution >= 0.6 is 23.7 Å². The van der Waals surface area contributed by atoms with Crippen molar-refractivity contribution in [2.45, 2.75) is 25.7 Å². The number of thiophene rings is 1. The van der Waals surface area contributed by atoms with Crippen LogP contribution in [0.3, 0.4) is 0 Å². The molecule has 0 fully saturated rings. The Kier molecular flexibility index (Phi) is 7.13. The number of nitrogens with one attached hydrogen (secondary N) is 2. The highest BCUT2D eigenvalue weighted by molar-refractivity contribution is 7.19. The molecule has 0 aliphatic heterocycles. The van der Waals surface area contributed by atoms with Gasteiger partial charge in [-0.3, -0.25) is 0 Å². The van der Waals surface area contributed by atoms with Crippen molar-refractivity contribution in [1.82, 2.24) is 9.97 Å². The van der Waals surface area contributed by atoms with Crippen LogP contribution in [0.5, 0.6) is 0 Å². The molecule has 118 valence electrons. The van der Waals surface area contributed by atoms with Crippen LogP contribution in [0, 0.1) is 0 Å². The van der Waals surface area contributed by atoms with Gasteiger partial charge in [0.2, 0.25) is 0 Å². The number of nitrogens with zero attached hydrogens (tertiary/aromatic N) is 2. The van der Waals surface area contributed by atoms with Crippen molar-refractivity contribution in [1.29, 1.82) is 0 Å². The fourth-order valence-electron chi connectivity index (χ4n) is 2.66. The summed E-state index contributed by atoms with van der Waals surface area (Å²) in [6.45, 7) is 2.05. The lowest BCUT2D eigenvalue weighted by Gasteiger charge is -2.13. The number of aryl methyl sites for hydroxylation is 2. The highest BCUT2D eigenvalue weighted by atomic mass is 35.5. The van der Waals surface area contributed by atoms with Gasteiger partial charge in [0.1, 0.15) is 17.0 Å². The first-order chi connectivity index (χ1) is 9.25. The van der Waals surface area contributed by atoms with Gasteiger partial charge in [0.05, 0.1) is 32.6 Å². The Morgan fingerprint density at radius 3 is 2.76 bits per heavy atom. The molecule has 1 aliphatic carbocycles. The summed E-state index contributed by atoms with van der Waals surface area (Å²) in [6, 6.07) is 0. The topological polar surface area (TPSA) is 42.2 Å². The molecule has 2 heterocycles. The molecule has 0 aromatic carbocycles. The van der Waals surface area contributed by atoms with Gasteiger partial charge in [0.15, 0.2) is 0 Å². The van der Waals surface area contributed by atoms with E-state index in [0.29, 0.717) is 0 Å². The lowest BCUT2D eigenvalue weighted by atomic mass is 9.97. The average Bonchev–Trinajstić information content (AvgIpc) is 2.77. The van der Waals surface area contributed by atoms with Gasteiger partial charge in [0, 0.05) is 4.88 Å². The second kappa shape index (κ2) is 8.13. The molecular weight excluding hydrogens is 327 g/mol. The third kappa shape index (κ3) is 3.97. The molecule has 0 radical (unpaired) electrons. The average molecular weight is 349 g/mol. The highest BCUT2D eigenvalue weighted by Crippen LogP contribution is 2.37. The SMILES string of the molecule is C[NH+](C)CCNc1ncnc2sc3c(c12)CCCC3.Cl.[Cl-]. The zero-order chi connectivity index (χ0) is 13.2. The zero-order valence-electron chi connectivity index (χ0n) is 12.4. The minimum atomic E-state index is 0. The molecule has 0 saturated carbocycles. The third-order valence-corrected chi connectivity index (χ3v) is 4.87. The van der Waals surface area contributed by atoms with Gasteiger partial charge in [-0.15, -0.1) is 23.7 Å². The van der Waals surface area contributed by atoms with Crippen LogP contribution in [0.25, 0.3) is 10.2 Å². The number of anilines is 1. The Morgan fingerprint density at radius 1 is 1.24 bits per heavy atom. The molecule has 1 aliphatic rings. The van der Waals surface area contributed by atoms with E-state index >= 15 is 0 Å². The van der Waals surface area contributed by atoms with Crippen LogP contribution in [0.15, 0.2) is 6.33 Å². The summed E-state index contributed by atoms with van der Waals surface area (Å²) in [7, 11) is 4.34. The maximum absolute atomic E-state index is 4.46. The molecule has 0 amide bonds. The molecule has 2 aromatic heterocycles. The molecule has 0 bridgehead atoms. The van der Waals surface area contributed by atoms with Crippen LogP contribution in [0.4, 0.5) is 5.82 Å². The first kappa shape index (κ1) is 18.4. The number of hydrogen-bond acceptors (Lipinski definition) is 4. The standard InChI is InChI=1S/C14H20N4S.2ClH/c1-18(2)8-7-15-13-12-10-5-3-4-6-11(10)19-14(12)17-9-16-13;;/h9H,3-8H2,1-2H3,(H,15,16,17);2*1H. The van der Waals surface area contributed by atoms with Gasteiger partial charge >= 0.3 is 0 Å². The minimum absolute atomic E-state index is 0. The van der Waals surface area contributed by atoms with Crippen LogP contribution in [-0.2, 0) is 12.8 Å². The highest BCUT2D eigenvalue weighted by Gasteiger charge is 2.19. The van der Waals surface area contributed by atoms with Gasteiger partial charge in [-0.2, -0.15) is 0 Å². The van der Waals surface area contributed by atoms with Crippen molar-refractivity contribution in [3.8, 4) is 0 Å². The number of halogens is 2. The Bertz CT molecular complexity index is 586.